The average molecular weight is 422 g/mol. The van der Waals surface area contributed by atoms with Gasteiger partial charge in [-0.15, -0.1) is 6.42 Å². The van der Waals surface area contributed by atoms with Crippen LogP contribution in [0.2, 0.25) is 0 Å². The van der Waals surface area contributed by atoms with E-state index in [1.165, 1.54) is 17.7 Å². The van der Waals surface area contributed by atoms with Gasteiger partial charge in [0.1, 0.15) is 17.9 Å². The number of aliphatic carboxylic acids is 1. The smallest absolute Gasteiger partial charge is 0.475 e. The van der Waals surface area contributed by atoms with E-state index in [0.717, 1.165) is 22.2 Å². The summed E-state index contributed by atoms with van der Waals surface area (Å²) in [7, 11) is 0. The highest BCUT2D eigenvalue weighted by atomic mass is 19.4. The van der Waals surface area contributed by atoms with Gasteiger partial charge in [0.25, 0.3) is 0 Å². The van der Waals surface area contributed by atoms with Crippen LogP contribution in [0.5, 0.6) is 5.88 Å². The molecule has 30 heavy (non-hydrogen) atoms. The zero-order valence-electron chi connectivity index (χ0n) is 16.1. The lowest BCUT2D eigenvalue weighted by atomic mass is 10.2. The maximum atomic E-state index is 13.0. The van der Waals surface area contributed by atoms with Crippen LogP contribution < -0.4 is 4.74 Å². The highest BCUT2D eigenvalue weighted by Gasteiger charge is 2.38. The molecule has 0 aliphatic heterocycles. The molecule has 3 aromatic rings. The first-order chi connectivity index (χ1) is 14.1. The molecule has 2 aromatic heterocycles. The van der Waals surface area contributed by atoms with E-state index in [-0.39, 0.29) is 5.82 Å². The normalized spacial score (nSPS) is 10.8. The number of carbonyl (C=O) groups is 1. The molecule has 0 saturated heterocycles. The summed E-state index contributed by atoms with van der Waals surface area (Å²) in [6.07, 6.45) is 2.14. The van der Waals surface area contributed by atoms with Gasteiger partial charge in [-0.3, -0.25) is 0 Å². The number of hydrogen-bond donors (Lipinski definition) is 1. The van der Waals surface area contributed by atoms with E-state index in [4.69, 9.17) is 21.1 Å². The number of carboxylic acids is 1. The molecule has 0 amide bonds. The Balaban J connectivity index is 0.000000396. The number of pyridine rings is 1. The van der Waals surface area contributed by atoms with E-state index >= 15 is 0 Å². The summed E-state index contributed by atoms with van der Waals surface area (Å²) < 4.78 is 52.6. The van der Waals surface area contributed by atoms with Crippen LogP contribution in [0.1, 0.15) is 16.8 Å². The fourth-order valence-corrected chi connectivity index (χ4v) is 2.69. The molecule has 0 fully saturated rings. The second-order valence-corrected chi connectivity index (χ2v) is 6.23. The summed E-state index contributed by atoms with van der Waals surface area (Å²) >= 11 is 0. The van der Waals surface area contributed by atoms with E-state index in [2.05, 4.69) is 17.8 Å². The largest absolute Gasteiger partial charge is 0.490 e. The van der Waals surface area contributed by atoms with Crippen molar-refractivity contribution in [3.63, 3.8) is 0 Å². The summed E-state index contributed by atoms with van der Waals surface area (Å²) in [5.74, 6) is 0.198. The molecule has 0 saturated carbocycles. The molecule has 158 valence electrons. The fourth-order valence-electron chi connectivity index (χ4n) is 2.69. The van der Waals surface area contributed by atoms with Gasteiger partial charge in [0.05, 0.1) is 6.54 Å². The molecule has 2 heterocycles. The van der Waals surface area contributed by atoms with Crippen LogP contribution in [0, 0.1) is 32.0 Å². The van der Waals surface area contributed by atoms with Crippen LogP contribution in [0.15, 0.2) is 36.5 Å². The Morgan fingerprint density at radius 3 is 2.37 bits per heavy atom. The summed E-state index contributed by atoms with van der Waals surface area (Å²) in [5, 5.41) is 8.21. The second kappa shape index (κ2) is 9.31. The Hall–Kier alpha value is -3.54. The van der Waals surface area contributed by atoms with E-state index in [0.29, 0.717) is 19.0 Å². The number of benzene rings is 1. The molecular formula is C21H18F4N2O3. The molecule has 9 heteroatoms. The number of carboxylic acid groups (broad SMARTS) is 1. The highest BCUT2D eigenvalue weighted by Crippen LogP contribution is 2.31. The van der Waals surface area contributed by atoms with Gasteiger partial charge in [-0.1, -0.05) is 18.1 Å². The number of nitrogens with zero attached hydrogens (tertiary/aromatic N) is 2. The van der Waals surface area contributed by atoms with Gasteiger partial charge in [0.2, 0.25) is 5.88 Å². The van der Waals surface area contributed by atoms with Gasteiger partial charge in [-0.25, -0.2) is 14.2 Å². The molecule has 0 aliphatic rings. The van der Waals surface area contributed by atoms with Crippen LogP contribution in [0.25, 0.3) is 10.9 Å². The Labute approximate surface area is 169 Å². The minimum absolute atomic E-state index is 0.261. The van der Waals surface area contributed by atoms with E-state index in [1.807, 2.05) is 17.6 Å². The molecule has 5 nitrogen and oxygen atoms in total. The minimum atomic E-state index is -5.08. The zero-order chi connectivity index (χ0) is 22.5. The monoisotopic (exact) mass is 422 g/mol. The standard InChI is InChI=1S/C19H17FN2O.C2HF3O2/c1-4-11-22-14(3)13(2)17-9-10-21-19(18(17)22)23-12-15-5-7-16(20)8-6-15;3-2(4,5)1(6)7/h1,5-10H,11-12H2,2-3H3;(H,6,7). The van der Waals surface area contributed by atoms with Crippen molar-refractivity contribution in [2.45, 2.75) is 33.2 Å². The molecule has 0 aliphatic carbocycles. The first-order valence-electron chi connectivity index (χ1n) is 8.61. The number of alkyl halides is 3. The number of terminal acetylenes is 1. The van der Waals surface area contributed by atoms with Gasteiger partial charge in [-0.2, -0.15) is 13.2 Å². The van der Waals surface area contributed by atoms with Gasteiger partial charge in [0, 0.05) is 17.3 Å². The van der Waals surface area contributed by atoms with Crippen LogP contribution in [0.4, 0.5) is 17.6 Å². The number of fused-ring (bicyclic) bond motifs is 1. The lowest BCUT2D eigenvalue weighted by Gasteiger charge is -2.10. The predicted octanol–water partition coefficient (Wildman–Crippen LogP) is 4.64. The number of ether oxygens (including phenoxy) is 1. The third kappa shape index (κ3) is 5.29. The first kappa shape index (κ1) is 22.7. The van der Waals surface area contributed by atoms with Crippen molar-refractivity contribution in [1.82, 2.24) is 9.55 Å². The van der Waals surface area contributed by atoms with Gasteiger partial charge >= 0.3 is 12.1 Å². The Morgan fingerprint density at radius 2 is 1.83 bits per heavy atom. The van der Waals surface area contributed by atoms with E-state index in [9.17, 15) is 17.6 Å². The van der Waals surface area contributed by atoms with Crippen molar-refractivity contribution in [2.75, 3.05) is 0 Å². The lowest BCUT2D eigenvalue weighted by molar-refractivity contribution is -0.192. The average Bonchev–Trinajstić information content (AvgIpc) is 2.93. The zero-order valence-corrected chi connectivity index (χ0v) is 16.1. The predicted molar refractivity (Wildman–Crippen MR) is 102 cm³/mol. The lowest BCUT2D eigenvalue weighted by Crippen LogP contribution is -2.21. The van der Waals surface area contributed by atoms with Crippen LogP contribution >= 0.6 is 0 Å². The Kier molecular flexibility index (Phi) is 7.06. The van der Waals surface area contributed by atoms with Gasteiger partial charge in [0.15, 0.2) is 0 Å². The Morgan fingerprint density at radius 1 is 1.23 bits per heavy atom. The summed E-state index contributed by atoms with van der Waals surface area (Å²) in [5.41, 5.74) is 4.07. The summed E-state index contributed by atoms with van der Waals surface area (Å²) in [6, 6.07) is 8.21. The molecular weight excluding hydrogens is 404 g/mol. The number of aryl methyl sites for hydroxylation is 1. The van der Waals surface area contributed by atoms with Crippen molar-refractivity contribution in [3.8, 4) is 18.2 Å². The molecule has 0 unspecified atom stereocenters. The molecule has 0 radical (unpaired) electrons. The molecule has 0 bridgehead atoms. The summed E-state index contributed by atoms with van der Waals surface area (Å²) in [6.45, 7) is 4.89. The summed E-state index contributed by atoms with van der Waals surface area (Å²) in [4.78, 5) is 13.2. The number of rotatable bonds is 4. The van der Waals surface area contributed by atoms with Crippen LogP contribution in [-0.2, 0) is 17.9 Å². The van der Waals surface area contributed by atoms with Crippen molar-refractivity contribution in [1.29, 1.82) is 0 Å². The maximum absolute atomic E-state index is 13.0. The molecule has 0 spiro atoms. The number of aromatic nitrogens is 2. The van der Waals surface area contributed by atoms with Crippen molar-refractivity contribution < 1.29 is 32.2 Å². The Bertz CT molecular complexity index is 1080. The van der Waals surface area contributed by atoms with Crippen molar-refractivity contribution >= 4 is 16.9 Å². The van der Waals surface area contributed by atoms with Gasteiger partial charge < -0.3 is 14.4 Å². The third-order valence-corrected chi connectivity index (χ3v) is 4.29. The van der Waals surface area contributed by atoms with Gasteiger partial charge in [-0.05, 0) is 43.2 Å². The van der Waals surface area contributed by atoms with Crippen molar-refractivity contribution in [2.24, 2.45) is 0 Å². The SMILES string of the molecule is C#CCn1c(C)c(C)c2ccnc(OCc3ccc(F)cc3)c21.O=C(O)C(F)(F)F. The molecule has 1 N–H and O–H groups in total. The molecule has 3 rings (SSSR count). The fraction of sp³-hybridized carbons (Fsp3) is 0.238. The maximum Gasteiger partial charge on any atom is 0.490 e. The highest BCUT2D eigenvalue weighted by molar-refractivity contribution is 5.89. The number of halogens is 4. The number of hydrogen-bond acceptors (Lipinski definition) is 3. The topological polar surface area (TPSA) is 64.4 Å². The van der Waals surface area contributed by atoms with Crippen LogP contribution in [-0.4, -0.2) is 26.8 Å². The van der Waals surface area contributed by atoms with Crippen LogP contribution in [0.3, 0.4) is 0 Å². The van der Waals surface area contributed by atoms with E-state index in [1.54, 1.807) is 18.3 Å². The van der Waals surface area contributed by atoms with E-state index < -0.39 is 12.1 Å². The first-order valence-corrected chi connectivity index (χ1v) is 8.61. The second-order valence-electron chi connectivity index (χ2n) is 6.23. The minimum Gasteiger partial charge on any atom is -0.475 e. The molecule has 0 atom stereocenters. The van der Waals surface area contributed by atoms with Crippen molar-refractivity contribution in [3.05, 3.63) is 59.2 Å². The molecule has 1 aromatic carbocycles. The third-order valence-electron chi connectivity index (χ3n) is 4.29. The quantitative estimate of drug-likeness (QED) is 0.492.